The fourth-order valence-corrected chi connectivity index (χ4v) is 3.25. The topological polar surface area (TPSA) is 32.3 Å². The van der Waals surface area contributed by atoms with Crippen molar-refractivity contribution in [2.45, 2.75) is 19.1 Å². The van der Waals surface area contributed by atoms with E-state index in [0.29, 0.717) is 23.0 Å². The molecule has 1 fully saturated rings. The zero-order valence-corrected chi connectivity index (χ0v) is 12.1. The molecule has 1 aliphatic heterocycles. The SMILES string of the molecule is CCNc1c(F)cccc1C(=O)N1CCSC(C)C1. The lowest BCUT2D eigenvalue weighted by molar-refractivity contribution is 0.0763. The van der Waals surface area contributed by atoms with Gasteiger partial charge < -0.3 is 10.2 Å². The van der Waals surface area contributed by atoms with Crippen LogP contribution in [0.4, 0.5) is 10.1 Å². The van der Waals surface area contributed by atoms with E-state index in [-0.39, 0.29) is 11.7 Å². The quantitative estimate of drug-likeness (QED) is 0.925. The van der Waals surface area contributed by atoms with Gasteiger partial charge in [0.05, 0.1) is 11.3 Å². The summed E-state index contributed by atoms with van der Waals surface area (Å²) in [6.45, 7) is 6.05. The largest absolute Gasteiger partial charge is 0.382 e. The smallest absolute Gasteiger partial charge is 0.256 e. The summed E-state index contributed by atoms with van der Waals surface area (Å²) in [6.07, 6.45) is 0. The van der Waals surface area contributed by atoms with Crippen LogP contribution in [0.1, 0.15) is 24.2 Å². The number of nitrogens with zero attached hydrogens (tertiary/aromatic N) is 1. The highest BCUT2D eigenvalue weighted by Crippen LogP contribution is 2.24. The predicted octanol–water partition coefficient (Wildman–Crippen LogP) is 2.84. The Kier molecular flexibility index (Phi) is 4.69. The van der Waals surface area contributed by atoms with E-state index in [9.17, 15) is 9.18 Å². The molecule has 1 atom stereocenters. The first kappa shape index (κ1) is 14.2. The van der Waals surface area contributed by atoms with E-state index in [1.165, 1.54) is 6.07 Å². The number of anilines is 1. The standard InChI is InChI=1S/C14H19FN2OS/c1-3-16-13-11(5-4-6-12(13)15)14(18)17-7-8-19-10(2)9-17/h4-6,10,16H,3,7-9H2,1-2H3. The maximum Gasteiger partial charge on any atom is 0.256 e. The van der Waals surface area contributed by atoms with Crippen LogP contribution >= 0.6 is 11.8 Å². The lowest BCUT2D eigenvalue weighted by Gasteiger charge is -2.31. The van der Waals surface area contributed by atoms with Crippen LogP contribution < -0.4 is 5.32 Å². The Morgan fingerprint density at radius 3 is 3.05 bits per heavy atom. The van der Waals surface area contributed by atoms with E-state index in [4.69, 9.17) is 0 Å². The number of hydrogen-bond acceptors (Lipinski definition) is 3. The van der Waals surface area contributed by atoms with Gasteiger partial charge in [-0.2, -0.15) is 11.8 Å². The molecule has 1 aromatic rings. The van der Waals surface area contributed by atoms with Gasteiger partial charge in [0.25, 0.3) is 5.91 Å². The molecule has 3 nitrogen and oxygen atoms in total. The van der Waals surface area contributed by atoms with Crippen LogP contribution in [0.2, 0.25) is 0 Å². The highest BCUT2D eigenvalue weighted by atomic mass is 32.2. The number of nitrogens with one attached hydrogen (secondary N) is 1. The number of benzene rings is 1. The van der Waals surface area contributed by atoms with Gasteiger partial charge in [0, 0.05) is 30.6 Å². The average Bonchev–Trinajstić information content (AvgIpc) is 2.40. The molecule has 0 bridgehead atoms. The Bertz CT molecular complexity index is 467. The Morgan fingerprint density at radius 1 is 1.58 bits per heavy atom. The predicted molar refractivity (Wildman–Crippen MR) is 78.4 cm³/mol. The summed E-state index contributed by atoms with van der Waals surface area (Å²) in [5, 5.41) is 3.39. The molecule has 1 N–H and O–H groups in total. The molecule has 1 aliphatic rings. The molecule has 0 spiro atoms. The van der Waals surface area contributed by atoms with Gasteiger partial charge in [-0.1, -0.05) is 13.0 Å². The zero-order chi connectivity index (χ0) is 13.8. The Hall–Kier alpha value is -1.23. The van der Waals surface area contributed by atoms with E-state index in [2.05, 4.69) is 12.2 Å². The Morgan fingerprint density at radius 2 is 2.37 bits per heavy atom. The van der Waals surface area contributed by atoms with Gasteiger partial charge >= 0.3 is 0 Å². The fraction of sp³-hybridized carbons (Fsp3) is 0.500. The van der Waals surface area contributed by atoms with Gasteiger partial charge in [0.1, 0.15) is 5.82 Å². The molecule has 0 aromatic heterocycles. The molecule has 2 rings (SSSR count). The summed E-state index contributed by atoms with van der Waals surface area (Å²) in [7, 11) is 0. The van der Waals surface area contributed by atoms with Crippen molar-refractivity contribution in [1.29, 1.82) is 0 Å². The first-order valence-electron chi connectivity index (χ1n) is 6.56. The molecule has 0 aliphatic carbocycles. The van der Waals surface area contributed by atoms with Crippen LogP contribution in [0.15, 0.2) is 18.2 Å². The first-order chi connectivity index (χ1) is 9.13. The molecule has 0 radical (unpaired) electrons. The van der Waals surface area contributed by atoms with Crippen LogP contribution in [0.3, 0.4) is 0 Å². The lowest BCUT2D eigenvalue weighted by atomic mass is 10.1. The third-order valence-electron chi connectivity index (χ3n) is 3.13. The van der Waals surface area contributed by atoms with Gasteiger partial charge in [0.2, 0.25) is 0 Å². The van der Waals surface area contributed by atoms with Crippen molar-refractivity contribution < 1.29 is 9.18 Å². The minimum absolute atomic E-state index is 0.0809. The second kappa shape index (κ2) is 6.28. The van der Waals surface area contributed by atoms with E-state index in [0.717, 1.165) is 18.8 Å². The van der Waals surface area contributed by atoms with Crippen LogP contribution in [-0.4, -0.2) is 41.4 Å². The molecule has 0 saturated carbocycles. The van der Waals surface area contributed by atoms with E-state index >= 15 is 0 Å². The van der Waals surface area contributed by atoms with Crippen molar-refractivity contribution in [1.82, 2.24) is 4.90 Å². The van der Waals surface area contributed by atoms with Crippen LogP contribution in [0, 0.1) is 5.82 Å². The molecular weight excluding hydrogens is 263 g/mol. The van der Waals surface area contributed by atoms with Gasteiger partial charge in [-0.05, 0) is 19.1 Å². The summed E-state index contributed by atoms with van der Waals surface area (Å²) >= 11 is 1.87. The monoisotopic (exact) mass is 282 g/mol. The van der Waals surface area contributed by atoms with Crippen molar-refractivity contribution in [2.75, 3.05) is 30.7 Å². The average molecular weight is 282 g/mol. The van der Waals surface area contributed by atoms with E-state index < -0.39 is 0 Å². The maximum atomic E-state index is 13.8. The number of halogens is 1. The van der Waals surface area contributed by atoms with Gasteiger partial charge in [0.15, 0.2) is 0 Å². The summed E-state index contributed by atoms with van der Waals surface area (Å²) in [5.74, 6) is 0.494. The lowest BCUT2D eigenvalue weighted by Crippen LogP contribution is -2.41. The van der Waals surface area contributed by atoms with Crippen molar-refractivity contribution in [3.05, 3.63) is 29.6 Å². The Balaban J connectivity index is 2.25. The maximum absolute atomic E-state index is 13.8. The van der Waals surface area contributed by atoms with Crippen molar-refractivity contribution in [3.8, 4) is 0 Å². The van der Waals surface area contributed by atoms with Crippen LogP contribution in [0.25, 0.3) is 0 Å². The number of carbonyl (C=O) groups excluding carboxylic acids is 1. The third-order valence-corrected chi connectivity index (χ3v) is 4.26. The summed E-state index contributed by atoms with van der Waals surface area (Å²) in [6, 6.07) is 4.66. The number of amides is 1. The third kappa shape index (κ3) is 3.21. The minimum Gasteiger partial charge on any atom is -0.382 e. The van der Waals surface area contributed by atoms with Crippen LogP contribution in [0.5, 0.6) is 0 Å². The molecule has 1 amide bonds. The molecule has 104 valence electrons. The molecule has 5 heteroatoms. The molecule has 1 saturated heterocycles. The van der Waals surface area contributed by atoms with Crippen molar-refractivity contribution in [2.24, 2.45) is 0 Å². The first-order valence-corrected chi connectivity index (χ1v) is 7.61. The van der Waals surface area contributed by atoms with Gasteiger partial charge in [-0.15, -0.1) is 0 Å². The second-order valence-electron chi connectivity index (χ2n) is 4.63. The molecular formula is C14H19FN2OS. The number of hydrogen-bond donors (Lipinski definition) is 1. The van der Waals surface area contributed by atoms with Gasteiger partial charge in [-0.25, -0.2) is 4.39 Å². The molecule has 19 heavy (non-hydrogen) atoms. The number of para-hydroxylation sites is 1. The summed E-state index contributed by atoms with van der Waals surface area (Å²) < 4.78 is 13.8. The fourth-order valence-electron chi connectivity index (χ4n) is 2.23. The van der Waals surface area contributed by atoms with Crippen LogP contribution in [-0.2, 0) is 0 Å². The molecule has 1 heterocycles. The summed E-state index contributed by atoms with van der Waals surface area (Å²) in [4.78, 5) is 14.3. The number of carbonyl (C=O) groups is 1. The van der Waals surface area contributed by atoms with E-state index in [1.54, 1.807) is 12.1 Å². The van der Waals surface area contributed by atoms with E-state index in [1.807, 2.05) is 23.6 Å². The highest BCUT2D eigenvalue weighted by Gasteiger charge is 2.24. The second-order valence-corrected chi connectivity index (χ2v) is 6.17. The molecule has 1 unspecified atom stereocenters. The Labute approximate surface area is 117 Å². The number of rotatable bonds is 3. The minimum atomic E-state index is -0.368. The highest BCUT2D eigenvalue weighted by molar-refractivity contribution is 7.99. The zero-order valence-electron chi connectivity index (χ0n) is 11.3. The number of thioether (sulfide) groups is 1. The van der Waals surface area contributed by atoms with Crippen molar-refractivity contribution in [3.63, 3.8) is 0 Å². The van der Waals surface area contributed by atoms with Gasteiger partial charge in [-0.3, -0.25) is 4.79 Å². The summed E-state index contributed by atoms with van der Waals surface area (Å²) in [5.41, 5.74) is 0.752. The molecule has 1 aromatic carbocycles. The normalized spacial score (nSPS) is 19.3. The van der Waals surface area contributed by atoms with Crippen molar-refractivity contribution >= 4 is 23.4 Å².